The molecule has 0 saturated heterocycles. The smallest absolute Gasteiger partial charge is 0.338 e. The number of urea groups is 1. The van der Waals surface area contributed by atoms with Crippen LogP contribution in [0.1, 0.15) is 5.56 Å². The summed E-state index contributed by atoms with van der Waals surface area (Å²) in [5.41, 5.74) is 5.65. The van der Waals surface area contributed by atoms with Crippen molar-refractivity contribution in [3.63, 3.8) is 0 Å². The van der Waals surface area contributed by atoms with Crippen molar-refractivity contribution in [3.05, 3.63) is 34.3 Å². The van der Waals surface area contributed by atoms with Gasteiger partial charge in [0.1, 0.15) is 0 Å². The van der Waals surface area contributed by atoms with E-state index in [1.54, 1.807) is 12.1 Å². The van der Waals surface area contributed by atoms with Gasteiger partial charge in [0, 0.05) is 4.47 Å². The average molecular weight is 245 g/mol. The number of carbonyl (C=O) groups is 1. The molecule has 3 N–H and O–H groups in total. The molecule has 0 bridgehead atoms. The van der Waals surface area contributed by atoms with E-state index in [1.807, 2.05) is 12.1 Å². The fraction of sp³-hybridized carbons (Fsp3) is 0.125. The molecule has 0 saturated carbocycles. The van der Waals surface area contributed by atoms with Gasteiger partial charge >= 0.3 is 6.03 Å². The summed E-state index contributed by atoms with van der Waals surface area (Å²) in [7, 11) is 0. The maximum Gasteiger partial charge on any atom is 0.338 e. The molecule has 0 aliphatic carbocycles. The first-order chi connectivity index (χ1) is 6.09. The van der Waals surface area contributed by atoms with Crippen molar-refractivity contribution in [1.29, 1.82) is 0 Å². The quantitative estimate of drug-likeness (QED) is 0.615. The van der Waals surface area contributed by atoms with Crippen LogP contribution in [0.15, 0.2) is 28.7 Å². The zero-order valence-corrected chi connectivity index (χ0v) is 8.36. The Hall–Kier alpha value is -1.07. The topological polar surface area (TPSA) is 66.6 Å². The van der Waals surface area contributed by atoms with Gasteiger partial charge in [-0.1, -0.05) is 28.1 Å². The van der Waals surface area contributed by atoms with E-state index >= 15 is 0 Å². The highest BCUT2D eigenvalue weighted by molar-refractivity contribution is 9.10. The molecule has 0 heterocycles. The largest absolute Gasteiger partial charge is 0.350 e. The van der Waals surface area contributed by atoms with Crippen molar-refractivity contribution >= 4 is 22.0 Å². The van der Waals surface area contributed by atoms with E-state index in [4.69, 9.17) is 10.9 Å². The standard InChI is InChI=1S/C8H9BrN2O2/c9-7-3-1-6(2-4-7)5-11(13)8(10)12/h1-4,13H,5H2,(H2,10,12). The van der Waals surface area contributed by atoms with Gasteiger partial charge in [-0.3, -0.25) is 5.21 Å². The van der Waals surface area contributed by atoms with Gasteiger partial charge in [-0.2, -0.15) is 0 Å². The van der Waals surface area contributed by atoms with Crippen LogP contribution < -0.4 is 5.73 Å². The molecule has 0 radical (unpaired) electrons. The van der Waals surface area contributed by atoms with Crippen LogP contribution in [-0.4, -0.2) is 16.3 Å². The van der Waals surface area contributed by atoms with Crippen LogP contribution in [-0.2, 0) is 6.54 Å². The summed E-state index contributed by atoms with van der Waals surface area (Å²) in [6.45, 7) is 0.0998. The Balaban J connectivity index is 2.64. The van der Waals surface area contributed by atoms with E-state index in [0.717, 1.165) is 10.0 Å². The summed E-state index contributed by atoms with van der Waals surface area (Å²) in [6, 6.07) is 6.36. The number of nitrogens with zero attached hydrogens (tertiary/aromatic N) is 1. The molecule has 1 rings (SSSR count). The third-order valence-electron chi connectivity index (χ3n) is 1.50. The van der Waals surface area contributed by atoms with E-state index in [9.17, 15) is 4.79 Å². The van der Waals surface area contributed by atoms with Gasteiger partial charge in [-0.25, -0.2) is 9.86 Å². The number of rotatable bonds is 2. The molecule has 0 atom stereocenters. The number of nitrogens with two attached hydrogens (primary N) is 1. The second kappa shape index (κ2) is 4.25. The summed E-state index contributed by atoms with van der Waals surface area (Å²) in [6.07, 6.45) is 0. The summed E-state index contributed by atoms with van der Waals surface area (Å²) in [5, 5.41) is 9.46. The van der Waals surface area contributed by atoms with Gasteiger partial charge in [0.05, 0.1) is 6.54 Å². The normalized spacial score (nSPS) is 9.69. The first kappa shape index (κ1) is 10.0. The number of halogens is 1. The lowest BCUT2D eigenvalue weighted by molar-refractivity contribution is -0.0470. The highest BCUT2D eigenvalue weighted by Crippen LogP contribution is 2.11. The van der Waals surface area contributed by atoms with Crippen LogP contribution in [0.2, 0.25) is 0 Å². The summed E-state index contributed by atoms with van der Waals surface area (Å²) in [4.78, 5) is 10.5. The van der Waals surface area contributed by atoms with E-state index < -0.39 is 6.03 Å². The minimum Gasteiger partial charge on any atom is -0.350 e. The lowest BCUT2D eigenvalue weighted by Crippen LogP contribution is -2.31. The van der Waals surface area contributed by atoms with E-state index in [0.29, 0.717) is 5.06 Å². The van der Waals surface area contributed by atoms with Gasteiger partial charge in [-0.15, -0.1) is 0 Å². The third kappa shape index (κ3) is 3.04. The number of primary amides is 1. The van der Waals surface area contributed by atoms with Gasteiger partial charge in [0.25, 0.3) is 0 Å². The molecule has 2 amide bonds. The van der Waals surface area contributed by atoms with Crippen molar-refractivity contribution in [3.8, 4) is 0 Å². The number of amides is 2. The average Bonchev–Trinajstić information content (AvgIpc) is 2.08. The first-order valence-corrected chi connectivity index (χ1v) is 4.39. The van der Waals surface area contributed by atoms with E-state index in [-0.39, 0.29) is 6.54 Å². The maximum atomic E-state index is 10.5. The minimum atomic E-state index is -0.858. The summed E-state index contributed by atoms with van der Waals surface area (Å²) in [5.74, 6) is 0. The lowest BCUT2D eigenvalue weighted by atomic mass is 10.2. The molecule has 0 aromatic heterocycles. The van der Waals surface area contributed by atoms with Gasteiger partial charge in [-0.05, 0) is 17.7 Å². The fourth-order valence-electron chi connectivity index (χ4n) is 0.841. The molecule has 13 heavy (non-hydrogen) atoms. The number of benzene rings is 1. The van der Waals surface area contributed by atoms with Gasteiger partial charge < -0.3 is 5.73 Å². The number of carbonyl (C=O) groups excluding carboxylic acids is 1. The second-order valence-electron chi connectivity index (χ2n) is 2.52. The van der Waals surface area contributed by atoms with Gasteiger partial charge in [0.15, 0.2) is 0 Å². The Morgan fingerprint density at radius 3 is 2.46 bits per heavy atom. The molecule has 4 nitrogen and oxygen atoms in total. The Labute approximate surface area is 84.0 Å². The molecule has 0 spiro atoms. The Morgan fingerprint density at radius 1 is 1.46 bits per heavy atom. The Morgan fingerprint density at radius 2 is 2.00 bits per heavy atom. The van der Waals surface area contributed by atoms with Crippen molar-refractivity contribution in [2.45, 2.75) is 6.54 Å². The van der Waals surface area contributed by atoms with E-state index in [2.05, 4.69) is 15.9 Å². The van der Waals surface area contributed by atoms with Crippen LogP contribution in [0.4, 0.5) is 4.79 Å². The van der Waals surface area contributed by atoms with Crippen LogP contribution in [0.5, 0.6) is 0 Å². The summed E-state index contributed by atoms with van der Waals surface area (Å²) < 4.78 is 0.944. The van der Waals surface area contributed by atoms with Crippen molar-refractivity contribution in [2.24, 2.45) is 5.73 Å². The van der Waals surface area contributed by atoms with Crippen LogP contribution in [0.3, 0.4) is 0 Å². The minimum absolute atomic E-state index is 0.0998. The molecule has 70 valence electrons. The van der Waals surface area contributed by atoms with Crippen LogP contribution in [0.25, 0.3) is 0 Å². The second-order valence-corrected chi connectivity index (χ2v) is 3.44. The third-order valence-corrected chi connectivity index (χ3v) is 2.03. The van der Waals surface area contributed by atoms with Crippen molar-refractivity contribution in [2.75, 3.05) is 0 Å². The zero-order valence-electron chi connectivity index (χ0n) is 6.77. The Bertz CT molecular complexity index is 300. The highest BCUT2D eigenvalue weighted by Gasteiger charge is 2.05. The monoisotopic (exact) mass is 244 g/mol. The number of hydrogen-bond donors (Lipinski definition) is 2. The summed E-state index contributed by atoms with van der Waals surface area (Å²) >= 11 is 3.27. The molecule has 0 unspecified atom stereocenters. The molecule has 0 aliphatic rings. The predicted octanol–water partition coefficient (Wildman–Crippen LogP) is 1.72. The number of hydrogen-bond acceptors (Lipinski definition) is 2. The van der Waals surface area contributed by atoms with Crippen LogP contribution in [0, 0.1) is 0 Å². The number of hydroxylamine groups is 2. The highest BCUT2D eigenvalue weighted by atomic mass is 79.9. The van der Waals surface area contributed by atoms with Crippen molar-refractivity contribution < 1.29 is 10.0 Å². The Kier molecular flexibility index (Phi) is 3.27. The van der Waals surface area contributed by atoms with E-state index in [1.165, 1.54) is 0 Å². The molecular formula is C8H9BrN2O2. The molecular weight excluding hydrogens is 236 g/mol. The predicted molar refractivity (Wildman–Crippen MR) is 51.1 cm³/mol. The van der Waals surface area contributed by atoms with Crippen LogP contribution >= 0.6 is 15.9 Å². The molecule has 1 aromatic carbocycles. The first-order valence-electron chi connectivity index (χ1n) is 3.60. The molecule has 0 aliphatic heterocycles. The maximum absolute atomic E-state index is 10.5. The fourth-order valence-corrected chi connectivity index (χ4v) is 1.11. The lowest BCUT2D eigenvalue weighted by Gasteiger charge is -2.11. The molecule has 0 fully saturated rings. The SMILES string of the molecule is NC(=O)N(O)Cc1ccc(Br)cc1. The molecule has 1 aromatic rings. The zero-order chi connectivity index (χ0) is 9.84. The van der Waals surface area contributed by atoms with Gasteiger partial charge in [0.2, 0.25) is 0 Å². The van der Waals surface area contributed by atoms with Crippen molar-refractivity contribution in [1.82, 2.24) is 5.06 Å². The molecule has 5 heteroatoms.